The van der Waals surface area contributed by atoms with E-state index in [0.29, 0.717) is 17.9 Å². The summed E-state index contributed by atoms with van der Waals surface area (Å²) in [6.07, 6.45) is 11.4. The van der Waals surface area contributed by atoms with Crippen LogP contribution < -0.4 is 0 Å². The molecule has 5 heteroatoms. The molecule has 3 fully saturated rings. The highest BCUT2D eigenvalue weighted by Crippen LogP contribution is 2.40. The maximum absolute atomic E-state index is 12.9. The lowest BCUT2D eigenvalue weighted by atomic mass is 9.74. The number of piperidine rings is 3. The first-order valence-electron chi connectivity index (χ1n) is 9.68. The lowest BCUT2D eigenvalue weighted by Crippen LogP contribution is -2.62. The molecule has 0 radical (unpaired) electrons. The van der Waals surface area contributed by atoms with Crippen LogP contribution in [0.2, 0.25) is 0 Å². The SMILES string of the molecule is CCC[C@H]1CCC[C@H]2[C@@H]3C[C@@H](CN(C(=O)c4cncn4C)C3)CN12. The highest BCUT2D eigenvalue weighted by Gasteiger charge is 2.45. The van der Waals surface area contributed by atoms with Crippen molar-refractivity contribution in [2.24, 2.45) is 18.9 Å². The summed E-state index contributed by atoms with van der Waals surface area (Å²) in [6, 6.07) is 1.49. The van der Waals surface area contributed by atoms with E-state index >= 15 is 0 Å². The van der Waals surface area contributed by atoms with Crippen LogP contribution in [0.25, 0.3) is 0 Å². The second-order valence-corrected chi connectivity index (χ2v) is 8.10. The Morgan fingerprint density at radius 1 is 1.29 bits per heavy atom. The molecule has 1 aromatic rings. The minimum absolute atomic E-state index is 0.166. The summed E-state index contributed by atoms with van der Waals surface area (Å²) >= 11 is 0. The molecular weight excluding hydrogens is 300 g/mol. The van der Waals surface area contributed by atoms with Crippen molar-refractivity contribution in [1.29, 1.82) is 0 Å². The van der Waals surface area contributed by atoms with E-state index in [4.69, 9.17) is 0 Å². The molecule has 3 aliphatic heterocycles. The molecule has 132 valence electrons. The maximum atomic E-state index is 12.9. The molecule has 0 saturated carbocycles. The summed E-state index contributed by atoms with van der Waals surface area (Å²) in [6.45, 7) is 5.35. The molecule has 0 N–H and O–H groups in total. The molecule has 2 bridgehead atoms. The molecule has 0 spiro atoms. The van der Waals surface area contributed by atoms with Crippen molar-refractivity contribution in [2.75, 3.05) is 19.6 Å². The molecule has 4 heterocycles. The second kappa shape index (κ2) is 6.51. The van der Waals surface area contributed by atoms with Crippen LogP contribution >= 0.6 is 0 Å². The van der Waals surface area contributed by atoms with Crippen LogP contribution in [0.5, 0.6) is 0 Å². The van der Waals surface area contributed by atoms with E-state index in [-0.39, 0.29) is 5.91 Å². The van der Waals surface area contributed by atoms with Gasteiger partial charge in [0.15, 0.2) is 0 Å². The zero-order chi connectivity index (χ0) is 16.7. The van der Waals surface area contributed by atoms with E-state index in [9.17, 15) is 4.79 Å². The number of likely N-dealkylation sites (tertiary alicyclic amines) is 1. The number of aromatic nitrogens is 2. The number of hydrogen-bond donors (Lipinski definition) is 0. The fraction of sp³-hybridized carbons (Fsp3) is 0.789. The number of rotatable bonds is 3. The lowest BCUT2D eigenvalue weighted by molar-refractivity contribution is -0.0520. The van der Waals surface area contributed by atoms with Gasteiger partial charge in [0.25, 0.3) is 5.91 Å². The first kappa shape index (κ1) is 16.1. The standard InChI is InChI=1S/C19H30N4O/c1-3-5-16-6-4-7-17-15-8-14(11-23(16)17)10-22(12-15)19(24)18-9-20-13-21(18)2/h9,13-17H,3-8,10-12H2,1-2H3/t14-,15+,16-,17-/m0/s1. The smallest absolute Gasteiger partial charge is 0.272 e. The third kappa shape index (κ3) is 2.77. The molecule has 1 aromatic heterocycles. The molecule has 0 unspecified atom stereocenters. The van der Waals surface area contributed by atoms with Gasteiger partial charge >= 0.3 is 0 Å². The maximum Gasteiger partial charge on any atom is 0.272 e. The first-order valence-corrected chi connectivity index (χ1v) is 9.68. The van der Waals surface area contributed by atoms with Gasteiger partial charge in [0, 0.05) is 38.8 Å². The van der Waals surface area contributed by atoms with Crippen molar-refractivity contribution in [1.82, 2.24) is 19.4 Å². The highest BCUT2D eigenvalue weighted by atomic mass is 16.2. The van der Waals surface area contributed by atoms with Crippen molar-refractivity contribution in [3.8, 4) is 0 Å². The topological polar surface area (TPSA) is 41.4 Å². The molecule has 4 rings (SSSR count). The monoisotopic (exact) mass is 330 g/mol. The largest absolute Gasteiger partial charge is 0.337 e. The number of hydrogen-bond acceptors (Lipinski definition) is 3. The quantitative estimate of drug-likeness (QED) is 0.855. The summed E-state index contributed by atoms with van der Waals surface area (Å²) in [7, 11) is 1.91. The van der Waals surface area contributed by atoms with Crippen molar-refractivity contribution in [3.63, 3.8) is 0 Å². The highest BCUT2D eigenvalue weighted by molar-refractivity contribution is 5.92. The van der Waals surface area contributed by atoms with E-state index in [1.807, 2.05) is 11.6 Å². The van der Waals surface area contributed by atoms with Gasteiger partial charge < -0.3 is 9.47 Å². The number of carbonyl (C=O) groups excluding carboxylic acids is 1. The molecule has 5 nitrogen and oxygen atoms in total. The molecular formula is C19H30N4O. The van der Waals surface area contributed by atoms with Gasteiger partial charge in [-0.25, -0.2) is 4.98 Å². The van der Waals surface area contributed by atoms with Crippen molar-refractivity contribution in [3.05, 3.63) is 18.2 Å². The summed E-state index contributed by atoms with van der Waals surface area (Å²) in [5.41, 5.74) is 0.722. The zero-order valence-electron chi connectivity index (χ0n) is 15.0. The van der Waals surface area contributed by atoms with Crippen LogP contribution in [-0.4, -0.2) is 57.0 Å². The van der Waals surface area contributed by atoms with E-state index in [1.54, 1.807) is 12.5 Å². The molecule has 0 aromatic carbocycles. The molecule has 0 aliphatic carbocycles. The Hall–Kier alpha value is -1.36. The van der Waals surface area contributed by atoms with Crippen LogP contribution in [-0.2, 0) is 7.05 Å². The summed E-state index contributed by atoms with van der Waals surface area (Å²) in [5, 5.41) is 0. The Balaban J connectivity index is 1.50. The van der Waals surface area contributed by atoms with Gasteiger partial charge in [-0.15, -0.1) is 0 Å². The van der Waals surface area contributed by atoms with Crippen LogP contribution in [0.4, 0.5) is 0 Å². The number of imidazole rings is 1. The van der Waals surface area contributed by atoms with Gasteiger partial charge in [0.2, 0.25) is 0 Å². The van der Waals surface area contributed by atoms with Crippen LogP contribution in [0.3, 0.4) is 0 Å². The normalized spacial score (nSPS) is 33.3. The molecule has 24 heavy (non-hydrogen) atoms. The summed E-state index contributed by atoms with van der Waals surface area (Å²) < 4.78 is 1.84. The molecule has 4 atom stereocenters. The van der Waals surface area contributed by atoms with Crippen molar-refractivity contribution >= 4 is 5.91 Å². The summed E-state index contributed by atoms with van der Waals surface area (Å²) in [4.78, 5) is 21.9. The number of fused-ring (bicyclic) bond motifs is 4. The minimum atomic E-state index is 0.166. The summed E-state index contributed by atoms with van der Waals surface area (Å²) in [5.74, 6) is 1.48. The Labute approximate surface area is 145 Å². The van der Waals surface area contributed by atoms with E-state index in [1.165, 1.54) is 45.1 Å². The average Bonchev–Trinajstić information content (AvgIpc) is 3.01. The Kier molecular flexibility index (Phi) is 4.37. The van der Waals surface area contributed by atoms with E-state index in [2.05, 4.69) is 21.7 Å². The van der Waals surface area contributed by atoms with Gasteiger partial charge in [0.1, 0.15) is 5.69 Å². The number of amides is 1. The van der Waals surface area contributed by atoms with Gasteiger partial charge in [-0.05, 0) is 37.5 Å². The predicted molar refractivity (Wildman–Crippen MR) is 93.7 cm³/mol. The minimum Gasteiger partial charge on any atom is -0.337 e. The second-order valence-electron chi connectivity index (χ2n) is 8.10. The van der Waals surface area contributed by atoms with Crippen molar-refractivity contribution in [2.45, 2.75) is 57.5 Å². The Morgan fingerprint density at radius 3 is 2.92 bits per heavy atom. The first-order chi connectivity index (χ1) is 11.7. The number of aryl methyl sites for hydroxylation is 1. The fourth-order valence-electron chi connectivity index (χ4n) is 5.45. The lowest BCUT2D eigenvalue weighted by Gasteiger charge is -2.55. The zero-order valence-corrected chi connectivity index (χ0v) is 15.0. The van der Waals surface area contributed by atoms with Gasteiger partial charge in [-0.1, -0.05) is 19.8 Å². The fourth-order valence-corrected chi connectivity index (χ4v) is 5.45. The molecule has 1 amide bonds. The Bertz CT molecular complexity index is 596. The van der Waals surface area contributed by atoms with E-state index in [0.717, 1.165) is 24.8 Å². The van der Waals surface area contributed by atoms with Crippen LogP contribution in [0.15, 0.2) is 12.5 Å². The van der Waals surface area contributed by atoms with E-state index < -0.39 is 0 Å². The number of carbonyl (C=O) groups is 1. The molecule has 3 saturated heterocycles. The van der Waals surface area contributed by atoms with Crippen LogP contribution in [0, 0.1) is 11.8 Å². The third-order valence-corrected chi connectivity index (χ3v) is 6.46. The average molecular weight is 330 g/mol. The van der Waals surface area contributed by atoms with Gasteiger partial charge in [-0.3, -0.25) is 9.69 Å². The number of nitrogens with zero attached hydrogens (tertiary/aromatic N) is 4. The predicted octanol–water partition coefficient (Wildman–Crippen LogP) is 2.54. The van der Waals surface area contributed by atoms with Gasteiger partial charge in [-0.2, -0.15) is 0 Å². The molecule has 3 aliphatic rings. The van der Waals surface area contributed by atoms with Gasteiger partial charge in [0.05, 0.1) is 12.5 Å². The van der Waals surface area contributed by atoms with Crippen molar-refractivity contribution < 1.29 is 4.79 Å². The van der Waals surface area contributed by atoms with Crippen LogP contribution in [0.1, 0.15) is 55.9 Å². The third-order valence-electron chi connectivity index (χ3n) is 6.46. The Morgan fingerprint density at radius 2 is 2.17 bits per heavy atom.